The number of hydrogen-bond acceptors (Lipinski definition) is 2. The molecule has 1 aromatic heterocycles. The Balaban J connectivity index is 2.05. The molecule has 0 aliphatic heterocycles. The van der Waals surface area contributed by atoms with Crippen molar-refractivity contribution in [2.24, 2.45) is 0 Å². The van der Waals surface area contributed by atoms with Crippen LogP contribution in [0.4, 0.5) is 0 Å². The highest BCUT2D eigenvalue weighted by Crippen LogP contribution is 2.26. The molecule has 0 fully saturated rings. The summed E-state index contributed by atoms with van der Waals surface area (Å²) in [5.41, 5.74) is 3.25. The fraction of sp³-hybridized carbons (Fsp3) is 0.125. The summed E-state index contributed by atoms with van der Waals surface area (Å²) in [7, 11) is 0. The van der Waals surface area contributed by atoms with Crippen molar-refractivity contribution < 1.29 is 9.52 Å². The number of fused-ring (bicyclic) bond motifs is 1. The highest BCUT2D eigenvalue weighted by Gasteiger charge is 2.05. The van der Waals surface area contributed by atoms with Crippen LogP contribution in [-0.4, -0.2) is 11.7 Å². The van der Waals surface area contributed by atoms with Crippen LogP contribution in [0.3, 0.4) is 0 Å². The second-order valence-corrected chi connectivity index (χ2v) is 4.30. The van der Waals surface area contributed by atoms with Crippen molar-refractivity contribution in [3.8, 4) is 11.1 Å². The van der Waals surface area contributed by atoms with Crippen LogP contribution in [0.5, 0.6) is 0 Å². The van der Waals surface area contributed by atoms with E-state index in [1.807, 2.05) is 30.3 Å². The van der Waals surface area contributed by atoms with Crippen LogP contribution in [0, 0.1) is 0 Å². The zero-order valence-corrected chi connectivity index (χ0v) is 9.97. The van der Waals surface area contributed by atoms with Crippen LogP contribution in [0.25, 0.3) is 22.1 Å². The highest BCUT2D eigenvalue weighted by molar-refractivity contribution is 5.84. The molecule has 0 amide bonds. The molecule has 3 aromatic rings. The fourth-order valence-corrected chi connectivity index (χ4v) is 2.14. The van der Waals surface area contributed by atoms with E-state index in [1.165, 1.54) is 11.1 Å². The number of aliphatic hydroxyl groups is 1. The lowest BCUT2D eigenvalue weighted by Crippen LogP contribution is -1.85. The molecule has 2 nitrogen and oxygen atoms in total. The van der Waals surface area contributed by atoms with Gasteiger partial charge < -0.3 is 9.52 Å². The molecule has 0 saturated heterocycles. The SMILES string of the molecule is OCCc1cc2cc(-c3ccccc3)ccc2o1. The lowest BCUT2D eigenvalue weighted by molar-refractivity contribution is 0.289. The molecular formula is C16H14O2. The van der Waals surface area contributed by atoms with Crippen molar-refractivity contribution in [3.63, 3.8) is 0 Å². The Morgan fingerprint density at radius 3 is 2.50 bits per heavy atom. The van der Waals surface area contributed by atoms with Crippen molar-refractivity contribution in [3.05, 3.63) is 60.4 Å². The first-order chi connectivity index (χ1) is 8.86. The molecule has 18 heavy (non-hydrogen) atoms. The second kappa shape index (κ2) is 4.67. The fourth-order valence-electron chi connectivity index (χ4n) is 2.14. The number of hydrogen-bond donors (Lipinski definition) is 1. The van der Waals surface area contributed by atoms with E-state index in [2.05, 4.69) is 24.3 Å². The lowest BCUT2D eigenvalue weighted by Gasteiger charge is -2.00. The Hall–Kier alpha value is -2.06. The van der Waals surface area contributed by atoms with Gasteiger partial charge in [-0.1, -0.05) is 36.4 Å². The first-order valence-electron chi connectivity index (χ1n) is 6.05. The summed E-state index contributed by atoms with van der Waals surface area (Å²) >= 11 is 0. The number of furan rings is 1. The average Bonchev–Trinajstić information content (AvgIpc) is 2.81. The quantitative estimate of drug-likeness (QED) is 0.755. The Labute approximate surface area is 105 Å². The summed E-state index contributed by atoms with van der Waals surface area (Å²) < 4.78 is 5.64. The molecule has 1 N–H and O–H groups in total. The van der Waals surface area contributed by atoms with E-state index in [0.717, 1.165) is 16.7 Å². The maximum atomic E-state index is 8.92. The van der Waals surface area contributed by atoms with Crippen molar-refractivity contribution in [2.45, 2.75) is 6.42 Å². The number of aliphatic hydroxyl groups excluding tert-OH is 1. The molecule has 0 atom stereocenters. The maximum absolute atomic E-state index is 8.92. The topological polar surface area (TPSA) is 33.4 Å². The van der Waals surface area contributed by atoms with Crippen molar-refractivity contribution in [1.29, 1.82) is 0 Å². The van der Waals surface area contributed by atoms with E-state index in [1.54, 1.807) is 0 Å². The summed E-state index contributed by atoms with van der Waals surface area (Å²) in [6.45, 7) is 0.116. The van der Waals surface area contributed by atoms with Gasteiger partial charge in [0.25, 0.3) is 0 Å². The minimum atomic E-state index is 0.116. The van der Waals surface area contributed by atoms with Crippen molar-refractivity contribution in [2.75, 3.05) is 6.61 Å². The van der Waals surface area contributed by atoms with Gasteiger partial charge in [0.05, 0.1) is 6.61 Å². The molecule has 1 heterocycles. The minimum absolute atomic E-state index is 0.116. The van der Waals surface area contributed by atoms with Gasteiger partial charge in [0.2, 0.25) is 0 Å². The van der Waals surface area contributed by atoms with Gasteiger partial charge >= 0.3 is 0 Å². The zero-order valence-electron chi connectivity index (χ0n) is 9.97. The minimum Gasteiger partial charge on any atom is -0.461 e. The summed E-state index contributed by atoms with van der Waals surface area (Å²) in [5, 5.41) is 10.0. The Morgan fingerprint density at radius 2 is 1.72 bits per heavy atom. The van der Waals surface area contributed by atoms with Gasteiger partial charge in [0.1, 0.15) is 11.3 Å². The second-order valence-electron chi connectivity index (χ2n) is 4.30. The third-order valence-electron chi connectivity index (χ3n) is 3.03. The van der Waals surface area contributed by atoms with Crippen LogP contribution in [0.2, 0.25) is 0 Å². The molecule has 0 radical (unpaired) electrons. The lowest BCUT2D eigenvalue weighted by atomic mass is 10.0. The summed E-state index contributed by atoms with van der Waals surface area (Å²) in [5.74, 6) is 0.831. The van der Waals surface area contributed by atoms with E-state index < -0.39 is 0 Å². The Morgan fingerprint density at radius 1 is 0.889 bits per heavy atom. The van der Waals surface area contributed by atoms with Gasteiger partial charge in [-0.3, -0.25) is 0 Å². The largest absolute Gasteiger partial charge is 0.461 e. The predicted molar refractivity (Wildman–Crippen MR) is 72.4 cm³/mol. The monoisotopic (exact) mass is 238 g/mol. The van der Waals surface area contributed by atoms with Crippen molar-refractivity contribution in [1.82, 2.24) is 0 Å². The maximum Gasteiger partial charge on any atom is 0.134 e. The van der Waals surface area contributed by atoms with Crippen LogP contribution < -0.4 is 0 Å². The van der Waals surface area contributed by atoms with Crippen LogP contribution in [0.15, 0.2) is 59.0 Å². The molecule has 90 valence electrons. The Kier molecular flexibility index (Phi) is 2.87. The first-order valence-corrected chi connectivity index (χ1v) is 6.05. The van der Waals surface area contributed by atoms with E-state index in [4.69, 9.17) is 9.52 Å². The standard InChI is InChI=1S/C16H14O2/c17-9-8-15-11-14-10-13(6-7-16(14)18-15)12-4-2-1-3-5-12/h1-7,10-11,17H,8-9H2. The van der Waals surface area contributed by atoms with E-state index in [9.17, 15) is 0 Å². The Bertz CT molecular complexity index is 653. The van der Waals surface area contributed by atoms with E-state index in [0.29, 0.717) is 6.42 Å². The smallest absolute Gasteiger partial charge is 0.134 e. The zero-order chi connectivity index (χ0) is 12.4. The van der Waals surface area contributed by atoms with Crippen molar-refractivity contribution >= 4 is 11.0 Å². The van der Waals surface area contributed by atoms with Gasteiger partial charge in [-0.05, 0) is 29.3 Å². The van der Waals surface area contributed by atoms with E-state index in [-0.39, 0.29) is 6.61 Å². The highest BCUT2D eigenvalue weighted by atomic mass is 16.3. The first kappa shape index (κ1) is 11.1. The molecule has 0 bridgehead atoms. The molecular weight excluding hydrogens is 224 g/mol. The molecule has 2 heteroatoms. The third-order valence-corrected chi connectivity index (χ3v) is 3.03. The normalized spacial score (nSPS) is 10.9. The van der Waals surface area contributed by atoms with E-state index >= 15 is 0 Å². The number of rotatable bonds is 3. The van der Waals surface area contributed by atoms with Gasteiger partial charge in [0, 0.05) is 11.8 Å². The summed E-state index contributed by atoms with van der Waals surface area (Å²) in [4.78, 5) is 0. The van der Waals surface area contributed by atoms with Gasteiger partial charge in [0.15, 0.2) is 0 Å². The van der Waals surface area contributed by atoms with Gasteiger partial charge in [-0.25, -0.2) is 0 Å². The van der Waals surface area contributed by atoms with Crippen LogP contribution in [-0.2, 0) is 6.42 Å². The third kappa shape index (κ3) is 2.03. The molecule has 0 spiro atoms. The number of benzene rings is 2. The predicted octanol–water partition coefficient (Wildman–Crippen LogP) is 3.63. The molecule has 0 saturated carbocycles. The van der Waals surface area contributed by atoms with Gasteiger partial charge in [-0.2, -0.15) is 0 Å². The molecule has 3 rings (SSSR count). The summed E-state index contributed by atoms with van der Waals surface area (Å²) in [6.07, 6.45) is 0.565. The molecule has 0 aliphatic carbocycles. The van der Waals surface area contributed by atoms with Crippen LogP contribution in [0.1, 0.15) is 5.76 Å². The molecule has 0 unspecified atom stereocenters. The average molecular weight is 238 g/mol. The van der Waals surface area contributed by atoms with Crippen LogP contribution >= 0.6 is 0 Å². The summed E-state index contributed by atoms with van der Waals surface area (Å²) in [6, 6.07) is 18.4. The molecule has 2 aromatic carbocycles. The molecule has 0 aliphatic rings. The van der Waals surface area contributed by atoms with Gasteiger partial charge in [-0.15, -0.1) is 0 Å².